The summed E-state index contributed by atoms with van der Waals surface area (Å²) in [6, 6.07) is 2.45. The molecule has 110 valence electrons. The predicted octanol–water partition coefficient (Wildman–Crippen LogP) is 2.71. The van der Waals surface area contributed by atoms with Crippen LogP contribution in [0, 0.1) is 5.41 Å². The SMILES string of the molecule is CC1(CNC(=O)c2cc(Br)cn2C2CC2)CCCNC1. The van der Waals surface area contributed by atoms with Gasteiger partial charge in [0.2, 0.25) is 0 Å². The van der Waals surface area contributed by atoms with Crippen molar-refractivity contribution in [3.8, 4) is 0 Å². The first kappa shape index (κ1) is 14.1. The lowest BCUT2D eigenvalue weighted by Gasteiger charge is -2.34. The first-order valence-corrected chi connectivity index (χ1v) is 8.23. The van der Waals surface area contributed by atoms with Gasteiger partial charge in [-0.2, -0.15) is 0 Å². The first-order valence-electron chi connectivity index (χ1n) is 7.44. The molecule has 2 fully saturated rings. The maximum atomic E-state index is 12.4. The Bertz CT molecular complexity index is 501. The van der Waals surface area contributed by atoms with Gasteiger partial charge in [-0.1, -0.05) is 6.92 Å². The minimum atomic E-state index is 0.0504. The lowest BCUT2D eigenvalue weighted by molar-refractivity contribution is 0.0915. The second-order valence-electron chi connectivity index (χ2n) is 6.46. The van der Waals surface area contributed by atoms with Crippen molar-refractivity contribution in [3.05, 3.63) is 22.4 Å². The summed E-state index contributed by atoms with van der Waals surface area (Å²) in [5.41, 5.74) is 0.967. The van der Waals surface area contributed by atoms with Crippen LogP contribution in [0.3, 0.4) is 0 Å². The predicted molar refractivity (Wildman–Crippen MR) is 82.9 cm³/mol. The van der Waals surface area contributed by atoms with Crippen molar-refractivity contribution in [3.63, 3.8) is 0 Å². The number of piperidine rings is 1. The van der Waals surface area contributed by atoms with Gasteiger partial charge in [0.25, 0.3) is 5.91 Å². The van der Waals surface area contributed by atoms with Gasteiger partial charge in [0, 0.05) is 29.8 Å². The highest BCUT2D eigenvalue weighted by molar-refractivity contribution is 9.10. The number of nitrogens with one attached hydrogen (secondary N) is 2. The van der Waals surface area contributed by atoms with Crippen molar-refractivity contribution in [1.82, 2.24) is 15.2 Å². The molecule has 2 aliphatic rings. The number of hydrogen-bond acceptors (Lipinski definition) is 2. The van der Waals surface area contributed by atoms with Crippen molar-refractivity contribution in [1.29, 1.82) is 0 Å². The second kappa shape index (κ2) is 5.53. The number of nitrogens with zero attached hydrogens (tertiary/aromatic N) is 1. The summed E-state index contributed by atoms with van der Waals surface area (Å²) >= 11 is 3.47. The molecule has 1 atom stereocenters. The van der Waals surface area contributed by atoms with Gasteiger partial charge in [-0.3, -0.25) is 4.79 Å². The summed E-state index contributed by atoms with van der Waals surface area (Å²) in [6.45, 7) is 5.07. The number of hydrogen-bond donors (Lipinski definition) is 2. The molecule has 1 saturated heterocycles. The molecule has 1 saturated carbocycles. The molecular weight excluding hydrogens is 318 g/mol. The molecule has 2 N–H and O–H groups in total. The number of aromatic nitrogens is 1. The third-order valence-corrected chi connectivity index (χ3v) is 4.78. The van der Waals surface area contributed by atoms with Gasteiger partial charge in [0.1, 0.15) is 5.69 Å². The van der Waals surface area contributed by atoms with Gasteiger partial charge in [-0.25, -0.2) is 0 Å². The Morgan fingerprint density at radius 1 is 1.60 bits per heavy atom. The van der Waals surface area contributed by atoms with Crippen LogP contribution in [-0.2, 0) is 0 Å². The van der Waals surface area contributed by atoms with E-state index >= 15 is 0 Å². The van der Waals surface area contributed by atoms with Crippen LogP contribution in [0.15, 0.2) is 16.7 Å². The lowest BCUT2D eigenvalue weighted by Crippen LogP contribution is -2.45. The maximum Gasteiger partial charge on any atom is 0.267 e. The van der Waals surface area contributed by atoms with E-state index in [1.165, 1.54) is 25.7 Å². The summed E-state index contributed by atoms with van der Waals surface area (Å²) in [7, 11) is 0. The van der Waals surface area contributed by atoms with Gasteiger partial charge in [0.15, 0.2) is 0 Å². The number of carbonyl (C=O) groups is 1. The Balaban J connectivity index is 1.64. The lowest BCUT2D eigenvalue weighted by atomic mass is 9.83. The zero-order chi connectivity index (χ0) is 14.2. The average Bonchev–Trinajstić information content (AvgIpc) is 3.20. The van der Waals surface area contributed by atoms with E-state index in [1.807, 2.05) is 12.3 Å². The second-order valence-corrected chi connectivity index (χ2v) is 7.37. The fraction of sp³-hybridized carbons (Fsp3) is 0.667. The molecule has 1 amide bonds. The largest absolute Gasteiger partial charge is 0.350 e. The van der Waals surface area contributed by atoms with E-state index < -0.39 is 0 Å². The summed E-state index contributed by atoms with van der Waals surface area (Å²) in [4.78, 5) is 12.4. The minimum Gasteiger partial charge on any atom is -0.350 e. The summed E-state index contributed by atoms with van der Waals surface area (Å²) in [5, 5.41) is 6.54. The monoisotopic (exact) mass is 339 g/mol. The zero-order valence-corrected chi connectivity index (χ0v) is 13.5. The Morgan fingerprint density at radius 3 is 3.05 bits per heavy atom. The molecule has 0 bridgehead atoms. The summed E-state index contributed by atoms with van der Waals surface area (Å²) in [6.07, 6.45) is 6.76. The molecule has 1 unspecified atom stereocenters. The van der Waals surface area contributed by atoms with Gasteiger partial charge in [0.05, 0.1) is 0 Å². The van der Waals surface area contributed by atoms with Crippen molar-refractivity contribution >= 4 is 21.8 Å². The number of rotatable bonds is 4. The molecular formula is C15H22BrN3O. The average molecular weight is 340 g/mol. The highest BCUT2D eigenvalue weighted by Crippen LogP contribution is 2.37. The van der Waals surface area contributed by atoms with Crippen LogP contribution in [0.5, 0.6) is 0 Å². The highest BCUT2D eigenvalue weighted by atomic mass is 79.9. The molecule has 1 aliphatic heterocycles. The van der Waals surface area contributed by atoms with E-state index in [4.69, 9.17) is 0 Å². The zero-order valence-electron chi connectivity index (χ0n) is 11.9. The Labute approximate surface area is 128 Å². The molecule has 0 radical (unpaired) electrons. The molecule has 1 aromatic rings. The maximum absolute atomic E-state index is 12.4. The van der Waals surface area contributed by atoms with Crippen molar-refractivity contribution in [2.45, 2.75) is 38.6 Å². The molecule has 0 spiro atoms. The molecule has 5 heteroatoms. The van der Waals surface area contributed by atoms with Crippen molar-refractivity contribution in [2.24, 2.45) is 5.41 Å². The number of halogens is 1. The van der Waals surface area contributed by atoms with Crippen LogP contribution in [0.25, 0.3) is 0 Å². The number of amides is 1. The van der Waals surface area contributed by atoms with Crippen LogP contribution in [0.2, 0.25) is 0 Å². The highest BCUT2D eigenvalue weighted by Gasteiger charge is 2.30. The number of carbonyl (C=O) groups excluding carboxylic acids is 1. The molecule has 1 aliphatic carbocycles. The van der Waals surface area contributed by atoms with E-state index in [2.05, 4.69) is 38.1 Å². The van der Waals surface area contributed by atoms with Gasteiger partial charge in [-0.05, 0) is 59.6 Å². The molecule has 4 nitrogen and oxygen atoms in total. The molecule has 2 heterocycles. The molecule has 3 rings (SSSR count). The normalized spacial score (nSPS) is 26.5. The fourth-order valence-electron chi connectivity index (χ4n) is 2.94. The van der Waals surface area contributed by atoms with Gasteiger partial charge < -0.3 is 15.2 Å². The van der Waals surface area contributed by atoms with Crippen molar-refractivity contribution in [2.75, 3.05) is 19.6 Å². The third kappa shape index (κ3) is 3.09. The van der Waals surface area contributed by atoms with Crippen LogP contribution in [-0.4, -0.2) is 30.1 Å². The van der Waals surface area contributed by atoms with Gasteiger partial charge in [-0.15, -0.1) is 0 Å². The van der Waals surface area contributed by atoms with Crippen molar-refractivity contribution < 1.29 is 4.79 Å². The summed E-state index contributed by atoms with van der Waals surface area (Å²) in [5.74, 6) is 0.0504. The smallest absolute Gasteiger partial charge is 0.267 e. The Kier molecular flexibility index (Phi) is 3.91. The molecule has 0 aromatic carbocycles. The van der Waals surface area contributed by atoms with Crippen LogP contribution in [0.1, 0.15) is 49.1 Å². The van der Waals surface area contributed by atoms with E-state index in [0.717, 1.165) is 29.8 Å². The standard InChI is InChI=1S/C15H22BrN3O/c1-15(5-2-6-17-9-15)10-18-14(20)13-7-11(16)8-19(13)12-3-4-12/h7-8,12,17H,2-6,9-10H2,1H3,(H,18,20). The van der Waals surface area contributed by atoms with E-state index in [1.54, 1.807) is 0 Å². The quantitative estimate of drug-likeness (QED) is 0.885. The third-order valence-electron chi connectivity index (χ3n) is 4.35. The Hall–Kier alpha value is -0.810. The van der Waals surface area contributed by atoms with E-state index in [-0.39, 0.29) is 11.3 Å². The fourth-order valence-corrected chi connectivity index (χ4v) is 3.37. The Morgan fingerprint density at radius 2 is 2.40 bits per heavy atom. The topological polar surface area (TPSA) is 46.1 Å². The summed E-state index contributed by atoms with van der Waals surface area (Å²) < 4.78 is 3.10. The van der Waals surface area contributed by atoms with E-state index in [0.29, 0.717) is 6.04 Å². The molecule has 20 heavy (non-hydrogen) atoms. The van der Waals surface area contributed by atoms with Crippen LogP contribution < -0.4 is 10.6 Å². The molecule has 1 aromatic heterocycles. The van der Waals surface area contributed by atoms with Crippen LogP contribution >= 0.6 is 15.9 Å². The van der Waals surface area contributed by atoms with Gasteiger partial charge >= 0.3 is 0 Å². The van der Waals surface area contributed by atoms with E-state index in [9.17, 15) is 4.79 Å². The first-order chi connectivity index (χ1) is 9.57. The van der Waals surface area contributed by atoms with Crippen LogP contribution in [0.4, 0.5) is 0 Å². The minimum absolute atomic E-state index is 0.0504.